The zero-order valence-electron chi connectivity index (χ0n) is 11.0. The SMILES string of the molecule is CC(CNC(C)(C)C)N1CCCCCC1. The largest absolute Gasteiger partial charge is 0.311 e. The standard InChI is InChI=1S/C13H28N2/c1-12(11-14-13(2,3)4)15-9-7-5-6-8-10-15/h12,14H,5-11H2,1-4H3. The molecule has 15 heavy (non-hydrogen) atoms. The van der Waals surface area contributed by atoms with E-state index in [-0.39, 0.29) is 5.54 Å². The van der Waals surface area contributed by atoms with Crippen LogP contribution in [-0.4, -0.2) is 36.1 Å². The van der Waals surface area contributed by atoms with Crippen LogP contribution in [-0.2, 0) is 0 Å². The van der Waals surface area contributed by atoms with Crippen molar-refractivity contribution in [3.05, 3.63) is 0 Å². The van der Waals surface area contributed by atoms with Crippen LogP contribution in [0.2, 0.25) is 0 Å². The van der Waals surface area contributed by atoms with E-state index in [1.807, 2.05) is 0 Å². The molecule has 0 spiro atoms. The number of hydrogen-bond donors (Lipinski definition) is 1. The summed E-state index contributed by atoms with van der Waals surface area (Å²) < 4.78 is 0. The maximum atomic E-state index is 3.60. The van der Waals surface area contributed by atoms with Crippen LogP contribution in [0.3, 0.4) is 0 Å². The van der Waals surface area contributed by atoms with E-state index >= 15 is 0 Å². The monoisotopic (exact) mass is 212 g/mol. The molecule has 1 aliphatic heterocycles. The Balaban J connectivity index is 2.28. The Morgan fingerprint density at radius 2 is 1.60 bits per heavy atom. The van der Waals surface area contributed by atoms with Crippen LogP contribution in [0.15, 0.2) is 0 Å². The molecule has 1 atom stereocenters. The van der Waals surface area contributed by atoms with Crippen molar-refractivity contribution >= 4 is 0 Å². The van der Waals surface area contributed by atoms with E-state index in [4.69, 9.17) is 0 Å². The lowest BCUT2D eigenvalue weighted by Crippen LogP contribution is -2.46. The van der Waals surface area contributed by atoms with Gasteiger partial charge in [0, 0.05) is 18.1 Å². The third-order valence-electron chi connectivity index (χ3n) is 3.19. The lowest BCUT2D eigenvalue weighted by Gasteiger charge is -2.31. The molecule has 1 unspecified atom stereocenters. The number of nitrogens with one attached hydrogen (secondary N) is 1. The van der Waals surface area contributed by atoms with Crippen LogP contribution < -0.4 is 5.32 Å². The third kappa shape index (κ3) is 5.53. The van der Waals surface area contributed by atoms with Gasteiger partial charge < -0.3 is 5.32 Å². The highest BCUT2D eigenvalue weighted by atomic mass is 15.2. The van der Waals surface area contributed by atoms with Gasteiger partial charge in [-0.1, -0.05) is 12.8 Å². The zero-order chi connectivity index (χ0) is 11.3. The summed E-state index contributed by atoms with van der Waals surface area (Å²) in [6, 6.07) is 0.683. The van der Waals surface area contributed by atoms with Crippen molar-refractivity contribution < 1.29 is 0 Å². The molecule has 2 heteroatoms. The Kier molecular flexibility index (Phi) is 5.07. The van der Waals surface area contributed by atoms with E-state index in [1.54, 1.807) is 0 Å². The van der Waals surface area contributed by atoms with Gasteiger partial charge in [0.25, 0.3) is 0 Å². The molecule has 0 saturated carbocycles. The first-order valence-corrected chi connectivity index (χ1v) is 6.48. The second-order valence-electron chi connectivity index (χ2n) is 5.93. The Hall–Kier alpha value is -0.0800. The molecule has 1 rings (SSSR count). The molecule has 2 nitrogen and oxygen atoms in total. The Labute approximate surface area is 95.4 Å². The fraction of sp³-hybridized carbons (Fsp3) is 1.00. The molecule has 0 radical (unpaired) electrons. The summed E-state index contributed by atoms with van der Waals surface area (Å²) in [5, 5.41) is 3.60. The van der Waals surface area contributed by atoms with E-state index in [2.05, 4.69) is 37.9 Å². The van der Waals surface area contributed by atoms with Gasteiger partial charge in [-0.05, 0) is 53.6 Å². The van der Waals surface area contributed by atoms with E-state index in [0.29, 0.717) is 6.04 Å². The van der Waals surface area contributed by atoms with Crippen molar-refractivity contribution in [2.24, 2.45) is 0 Å². The van der Waals surface area contributed by atoms with Gasteiger partial charge in [0.2, 0.25) is 0 Å². The molecule has 1 aliphatic rings. The normalized spacial score (nSPS) is 22.4. The van der Waals surface area contributed by atoms with Gasteiger partial charge in [-0.25, -0.2) is 0 Å². The first-order valence-electron chi connectivity index (χ1n) is 6.48. The summed E-state index contributed by atoms with van der Waals surface area (Å²) in [5.74, 6) is 0. The number of nitrogens with zero attached hydrogens (tertiary/aromatic N) is 1. The highest BCUT2D eigenvalue weighted by molar-refractivity contribution is 4.77. The fourth-order valence-corrected chi connectivity index (χ4v) is 2.12. The summed E-state index contributed by atoms with van der Waals surface area (Å²) >= 11 is 0. The third-order valence-corrected chi connectivity index (χ3v) is 3.19. The van der Waals surface area contributed by atoms with E-state index in [9.17, 15) is 0 Å². The van der Waals surface area contributed by atoms with Gasteiger partial charge in [-0.3, -0.25) is 4.90 Å². The minimum Gasteiger partial charge on any atom is -0.311 e. The van der Waals surface area contributed by atoms with Crippen molar-refractivity contribution in [3.63, 3.8) is 0 Å². The Bertz CT molecular complexity index is 164. The van der Waals surface area contributed by atoms with Crippen molar-refractivity contribution in [2.75, 3.05) is 19.6 Å². The lowest BCUT2D eigenvalue weighted by molar-refractivity contribution is 0.201. The molecule has 0 aromatic rings. The van der Waals surface area contributed by atoms with Crippen LogP contribution in [0.25, 0.3) is 0 Å². The summed E-state index contributed by atoms with van der Waals surface area (Å²) in [6.45, 7) is 12.8. The predicted molar refractivity (Wildman–Crippen MR) is 67.3 cm³/mol. The predicted octanol–water partition coefficient (Wildman–Crippen LogP) is 2.64. The second-order valence-corrected chi connectivity index (χ2v) is 5.93. The quantitative estimate of drug-likeness (QED) is 0.773. The van der Waals surface area contributed by atoms with Crippen molar-refractivity contribution in [1.29, 1.82) is 0 Å². The van der Waals surface area contributed by atoms with Crippen LogP contribution in [0.4, 0.5) is 0 Å². The van der Waals surface area contributed by atoms with Crippen LogP contribution in [0, 0.1) is 0 Å². The maximum Gasteiger partial charge on any atom is 0.0192 e. The van der Waals surface area contributed by atoms with Gasteiger partial charge in [-0.15, -0.1) is 0 Å². The molecule has 1 saturated heterocycles. The van der Waals surface area contributed by atoms with Crippen molar-refractivity contribution in [3.8, 4) is 0 Å². The molecule has 1 N–H and O–H groups in total. The molecule has 0 aliphatic carbocycles. The number of hydrogen-bond acceptors (Lipinski definition) is 2. The second kappa shape index (κ2) is 5.86. The van der Waals surface area contributed by atoms with E-state index in [1.165, 1.54) is 38.8 Å². The summed E-state index contributed by atoms with van der Waals surface area (Å²) in [6.07, 6.45) is 5.63. The smallest absolute Gasteiger partial charge is 0.0192 e. The average molecular weight is 212 g/mol. The summed E-state index contributed by atoms with van der Waals surface area (Å²) in [7, 11) is 0. The van der Waals surface area contributed by atoms with E-state index < -0.39 is 0 Å². The van der Waals surface area contributed by atoms with Gasteiger partial charge in [0.05, 0.1) is 0 Å². The molecule has 90 valence electrons. The minimum absolute atomic E-state index is 0.250. The first-order chi connectivity index (χ1) is 6.99. The number of rotatable bonds is 3. The maximum absolute atomic E-state index is 3.60. The summed E-state index contributed by atoms with van der Waals surface area (Å²) in [5.41, 5.74) is 0.250. The topological polar surface area (TPSA) is 15.3 Å². The molecule has 0 amide bonds. The molecule has 0 aromatic heterocycles. The summed E-state index contributed by atoms with van der Waals surface area (Å²) in [4.78, 5) is 2.64. The first kappa shape index (κ1) is 13.0. The Morgan fingerprint density at radius 1 is 1.07 bits per heavy atom. The highest BCUT2D eigenvalue weighted by Gasteiger charge is 2.17. The molecule has 0 aromatic carbocycles. The molecular weight excluding hydrogens is 184 g/mol. The minimum atomic E-state index is 0.250. The zero-order valence-corrected chi connectivity index (χ0v) is 11.0. The van der Waals surface area contributed by atoms with Gasteiger partial charge >= 0.3 is 0 Å². The highest BCUT2D eigenvalue weighted by Crippen LogP contribution is 2.12. The van der Waals surface area contributed by atoms with Crippen LogP contribution in [0.1, 0.15) is 53.4 Å². The van der Waals surface area contributed by atoms with Crippen molar-refractivity contribution in [2.45, 2.75) is 65.0 Å². The van der Waals surface area contributed by atoms with Gasteiger partial charge in [-0.2, -0.15) is 0 Å². The van der Waals surface area contributed by atoms with Gasteiger partial charge in [0.1, 0.15) is 0 Å². The fourth-order valence-electron chi connectivity index (χ4n) is 2.12. The van der Waals surface area contributed by atoms with Crippen LogP contribution in [0.5, 0.6) is 0 Å². The van der Waals surface area contributed by atoms with Crippen molar-refractivity contribution in [1.82, 2.24) is 10.2 Å². The van der Waals surface area contributed by atoms with E-state index in [0.717, 1.165) is 6.54 Å². The molecule has 0 bridgehead atoms. The number of likely N-dealkylation sites (tertiary alicyclic amines) is 1. The van der Waals surface area contributed by atoms with Gasteiger partial charge in [0.15, 0.2) is 0 Å². The Morgan fingerprint density at radius 3 is 2.07 bits per heavy atom. The molecule has 1 fully saturated rings. The average Bonchev–Trinajstić information content (AvgIpc) is 2.41. The van der Waals surface area contributed by atoms with Crippen LogP contribution >= 0.6 is 0 Å². The molecular formula is C13H28N2. The molecule has 1 heterocycles. The lowest BCUT2D eigenvalue weighted by atomic mass is 10.1.